The number of benzene rings is 1. The summed E-state index contributed by atoms with van der Waals surface area (Å²) in [5, 5.41) is 0. The van der Waals surface area contributed by atoms with Gasteiger partial charge in [0.05, 0.1) is 12.7 Å². The predicted molar refractivity (Wildman–Crippen MR) is 94.7 cm³/mol. The summed E-state index contributed by atoms with van der Waals surface area (Å²) in [6.07, 6.45) is 2.11. The van der Waals surface area contributed by atoms with E-state index >= 15 is 0 Å². The topological polar surface area (TPSA) is 62.7 Å². The van der Waals surface area contributed by atoms with E-state index in [9.17, 15) is 9.59 Å². The molecule has 0 bridgehead atoms. The summed E-state index contributed by atoms with van der Waals surface area (Å²) in [5.74, 6) is 0.223. The second kappa shape index (κ2) is 7.34. The van der Waals surface area contributed by atoms with Crippen molar-refractivity contribution in [2.45, 2.75) is 19.4 Å². The van der Waals surface area contributed by atoms with Gasteiger partial charge in [-0.25, -0.2) is 4.98 Å². The average Bonchev–Trinajstić information content (AvgIpc) is 3.04. The third-order valence-electron chi connectivity index (χ3n) is 4.42. The monoisotopic (exact) mass is 339 g/mol. The molecule has 0 saturated carbocycles. The van der Waals surface area contributed by atoms with Gasteiger partial charge >= 0.3 is 0 Å². The van der Waals surface area contributed by atoms with Gasteiger partial charge in [0.1, 0.15) is 6.04 Å². The molecule has 1 saturated heterocycles. The van der Waals surface area contributed by atoms with Crippen molar-refractivity contribution in [3.05, 3.63) is 54.2 Å². The van der Waals surface area contributed by atoms with E-state index < -0.39 is 6.04 Å². The highest BCUT2D eigenvalue weighted by Gasteiger charge is 2.38. The molecule has 1 fully saturated rings. The van der Waals surface area contributed by atoms with Crippen LogP contribution in [0.4, 0.5) is 5.69 Å². The van der Waals surface area contributed by atoms with Crippen LogP contribution in [-0.4, -0.2) is 47.9 Å². The van der Waals surface area contributed by atoms with Crippen LogP contribution < -0.4 is 9.64 Å². The van der Waals surface area contributed by atoms with Crippen LogP contribution in [0.3, 0.4) is 0 Å². The fraction of sp³-hybridized carbons (Fsp3) is 0.316. The molecular weight excluding hydrogens is 318 g/mol. The SMILES string of the molecule is CCN(C(=O)c1ccc(OC)nc1)C1CCN(c2ccccc2)C1=O. The summed E-state index contributed by atoms with van der Waals surface area (Å²) in [6.45, 7) is 2.95. The smallest absolute Gasteiger partial charge is 0.256 e. The highest BCUT2D eigenvalue weighted by atomic mass is 16.5. The first-order valence-corrected chi connectivity index (χ1v) is 8.33. The summed E-state index contributed by atoms with van der Waals surface area (Å²) in [7, 11) is 1.53. The molecule has 2 heterocycles. The van der Waals surface area contributed by atoms with Crippen LogP contribution in [0.2, 0.25) is 0 Å². The minimum absolute atomic E-state index is 0.0390. The zero-order chi connectivity index (χ0) is 17.8. The van der Waals surface area contributed by atoms with Gasteiger partial charge in [0.15, 0.2) is 0 Å². The number of hydrogen-bond donors (Lipinski definition) is 0. The fourth-order valence-electron chi connectivity index (χ4n) is 3.12. The standard InChI is InChI=1S/C19H21N3O3/c1-3-21(18(23)14-9-10-17(25-2)20-13-14)16-11-12-22(19(16)24)15-7-5-4-6-8-15/h4-10,13,16H,3,11-12H2,1-2H3. The Kier molecular flexibility index (Phi) is 4.97. The number of para-hydroxylation sites is 1. The molecular formula is C19H21N3O3. The van der Waals surface area contributed by atoms with Gasteiger partial charge in [0.25, 0.3) is 5.91 Å². The lowest BCUT2D eigenvalue weighted by Crippen LogP contribution is -2.45. The van der Waals surface area contributed by atoms with Gasteiger partial charge in [-0.2, -0.15) is 0 Å². The number of likely N-dealkylation sites (N-methyl/N-ethyl adjacent to an activating group) is 1. The molecule has 1 atom stereocenters. The van der Waals surface area contributed by atoms with E-state index in [1.165, 1.54) is 13.3 Å². The minimum atomic E-state index is -0.445. The first-order chi connectivity index (χ1) is 12.2. The number of ether oxygens (including phenoxy) is 1. The van der Waals surface area contributed by atoms with E-state index in [2.05, 4.69) is 4.98 Å². The summed E-state index contributed by atoms with van der Waals surface area (Å²) in [4.78, 5) is 33.1. The molecule has 1 aliphatic heterocycles. The van der Waals surface area contributed by atoms with Crippen molar-refractivity contribution in [2.75, 3.05) is 25.1 Å². The Bertz CT molecular complexity index is 746. The molecule has 1 unspecified atom stereocenters. The molecule has 1 aliphatic rings. The third-order valence-corrected chi connectivity index (χ3v) is 4.42. The number of carbonyl (C=O) groups is 2. The molecule has 1 aromatic carbocycles. The van der Waals surface area contributed by atoms with Crippen LogP contribution in [0.1, 0.15) is 23.7 Å². The van der Waals surface area contributed by atoms with Gasteiger partial charge in [-0.1, -0.05) is 18.2 Å². The molecule has 1 aromatic heterocycles. The molecule has 3 rings (SSSR count). The summed E-state index contributed by atoms with van der Waals surface area (Å²) in [6, 6.07) is 12.4. The Labute approximate surface area is 147 Å². The molecule has 0 spiro atoms. The van der Waals surface area contributed by atoms with Crippen molar-refractivity contribution in [2.24, 2.45) is 0 Å². The molecule has 6 nitrogen and oxygen atoms in total. The number of aromatic nitrogens is 1. The second-order valence-corrected chi connectivity index (χ2v) is 5.81. The largest absolute Gasteiger partial charge is 0.481 e. The van der Waals surface area contributed by atoms with E-state index in [0.29, 0.717) is 31.0 Å². The normalized spacial score (nSPS) is 16.8. The van der Waals surface area contributed by atoms with Crippen molar-refractivity contribution in [3.8, 4) is 5.88 Å². The molecule has 0 aliphatic carbocycles. The molecule has 130 valence electrons. The molecule has 0 radical (unpaired) electrons. The van der Waals surface area contributed by atoms with Crippen LogP contribution in [0, 0.1) is 0 Å². The van der Waals surface area contributed by atoms with Crippen molar-refractivity contribution in [3.63, 3.8) is 0 Å². The van der Waals surface area contributed by atoms with Crippen molar-refractivity contribution >= 4 is 17.5 Å². The van der Waals surface area contributed by atoms with E-state index in [4.69, 9.17) is 4.74 Å². The van der Waals surface area contributed by atoms with E-state index in [-0.39, 0.29) is 11.8 Å². The lowest BCUT2D eigenvalue weighted by Gasteiger charge is -2.27. The van der Waals surface area contributed by atoms with E-state index in [1.54, 1.807) is 21.9 Å². The van der Waals surface area contributed by atoms with Gasteiger partial charge in [-0.3, -0.25) is 9.59 Å². The molecule has 2 aromatic rings. The number of amides is 2. The Hall–Kier alpha value is -2.89. The zero-order valence-electron chi connectivity index (χ0n) is 14.4. The molecule has 2 amide bonds. The number of nitrogens with zero attached hydrogens (tertiary/aromatic N) is 3. The number of pyridine rings is 1. The minimum Gasteiger partial charge on any atom is -0.481 e. The Morgan fingerprint density at radius 3 is 2.64 bits per heavy atom. The molecule has 25 heavy (non-hydrogen) atoms. The summed E-state index contributed by atoms with van der Waals surface area (Å²) in [5.41, 5.74) is 1.32. The highest BCUT2D eigenvalue weighted by molar-refractivity contribution is 6.03. The maximum atomic E-state index is 12.8. The van der Waals surface area contributed by atoms with Crippen LogP contribution in [0.25, 0.3) is 0 Å². The van der Waals surface area contributed by atoms with Gasteiger partial charge in [0, 0.05) is 31.0 Å². The Balaban J connectivity index is 1.78. The van der Waals surface area contributed by atoms with Gasteiger partial charge < -0.3 is 14.5 Å². The summed E-state index contributed by atoms with van der Waals surface area (Å²) < 4.78 is 5.02. The first kappa shape index (κ1) is 17.0. The quantitative estimate of drug-likeness (QED) is 0.839. The predicted octanol–water partition coefficient (Wildman–Crippen LogP) is 2.36. The lowest BCUT2D eigenvalue weighted by atomic mass is 10.1. The lowest BCUT2D eigenvalue weighted by molar-refractivity contribution is -0.120. The van der Waals surface area contributed by atoms with Crippen LogP contribution in [0.15, 0.2) is 48.7 Å². The molecule has 6 heteroatoms. The molecule has 0 N–H and O–H groups in total. The summed E-state index contributed by atoms with van der Waals surface area (Å²) >= 11 is 0. The number of methoxy groups -OCH3 is 1. The maximum absolute atomic E-state index is 12.8. The zero-order valence-corrected chi connectivity index (χ0v) is 14.4. The fourth-order valence-corrected chi connectivity index (χ4v) is 3.12. The van der Waals surface area contributed by atoms with Gasteiger partial charge in [0.2, 0.25) is 11.8 Å². The second-order valence-electron chi connectivity index (χ2n) is 5.81. The van der Waals surface area contributed by atoms with Crippen LogP contribution >= 0.6 is 0 Å². The number of anilines is 1. The van der Waals surface area contributed by atoms with Crippen molar-refractivity contribution in [1.82, 2.24) is 9.88 Å². The Morgan fingerprint density at radius 2 is 2.04 bits per heavy atom. The first-order valence-electron chi connectivity index (χ1n) is 8.33. The van der Waals surface area contributed by atoms with E-state index in [1.807, 2.05) is 37.3 Å². The average molecular weight is 339 g/mol. The maximum Gasteiger partial charge on any atom is 0.256 e. The number of carbonyl (C=O) groups excluding carboxylic acids is 2. The van der Waals surface area contributed by atoms with Crippen molar-refractivity contribution in [1.29, 1.82) is 0 Å². The number of hydrogen-bond acceptors (Lipinski definition) is 4. The van der Waals surface area contributed by atoms with Gasteiger partial charge in [-0.05, 0) is 31.5 Å². The van der Waals surface area contributed by atoms with Crippen LogP contribution in [-0.2, 0) is 4.79 Å². The Morgan fingerprint density at radius 1 is 1.28 bits per heavy atom. The third kappa shape index (κ3) is 3.33. The van der Waals surface area contributed by atoms with E-state index in [0.717, 1.165) is 5.69 Å². The van der Waals surface area contributed by atoms with Crippen LogP contribution in [0.5, 0.6) is 5.88 Å². The van der Waals surface area contributed by atoms with Crippen molar-refractivity contribution < 1.29 is 14.3 Å². The number of rotatable bonds is 5. The van der Waals surface area contributed by atoms with Gasteiger partial charge in [-0.15, -0.1) is 0 Å². The highest BCUT2D eigenvalue weighted by Crippen LogP contribution is 2.25.